The quantitative estimate of drug-likeness (QED) is 0.737. The van der Waals surface area contributed by atoms with Crippen molar-refractivity contribution < 1.29 is 4.79 Å². The maximum atomic E-state index is 11.8. The average molecular weight is 274 g/mol. The molecule has 3 nitrogen and oxygen atoms in total. The molecule has 1 aliphatic rings. The SMILES string of the molecule is CCCC(CCC)Nc1cccc(NC(=O)C2CC2)c1. The molecule has 1 aliphatic carbocycles. The molecule has 110 valence electrons. The number of hydrogen-bond acceptors (Lipinski definition) is 2. The Hall–Kier alpha value is -1.51. The number of benzene rings is 1. The molecule has 0 heterocycles. The summed E-state index contributed by atoms with van der Waals surface area (Å²) >= 11 is 0. The van der Waals surface area contributed by atoms with Crippen LogP contribution in [0.15, 0.2) is 24.3 Å². The molecule has 1 amide bonds. The summed E-state index contributed by atoms with van der Waals surface area (Å²) in [7, 11) is 0. The summed E-state index contributed by atoms with van der Waals surface area (Å²) in [5, 5.41) is 6.59. The fourth-order valence-corrected chi connectivity index (χ4v) is 2.50. The smallest absolute Gasteiger partial charge is 0.227 e. The van der Waals surface area contributed by atoms with E-state index in [1.807, 2.05) is 18.2 Å². The van der Waals surface area contributed by atoms with Gasteiger partial charge in [-0.25, -0.2) is 0 Å². The third-order valence-electron chi connectivity index (χ3n) is 3.72. The number of anilines is 2. The lowest BCUT2D eigenvalue weighted by Crippen LogP contribution is -2.19. The molecule has 20 heavy (non-hydrogen) atoms. The van der Waals surface area contributed by atoms with E-state index < -0.39 is 0 Å². The summed E-state index contributed by atoms with van der Waals surface area (Å²) in [5.74, 6) is 0.417. The van der Waals surface area contributed by atoms with Crippen molar-refractivity contribution in [1.29, 1.82) is 0 Å². The molecule has 0 saturated heterocycles. The molecule has 0 aliphatic heterocycles. The molecule has 0 radical (unpaired) electrons. The van der Waals surface area contributed by atoms with Crippen molar-refractivity contribution in [2.75, 3.05) is 10.6 Å². The Morgan fingerprint density at radius 1 is 1.20 bits per heavy atom. The van der Waals surface area contributed by atoms with E-state index in [0.29, 0.717) is 6.04 Å². The molecular weight excluding hydrogens is 248 g/mol. The molecule has 2 rings (SSSR count). The Bertz CT molecular complexity index is 434. The fraction of sp³-hybridized carbons (Fsp3) is 0.588. The Balaban J connectivity index is 1.94. The van der Waals surface area contributed by atoms with E-state index in [4.69, 9.17) is 0 Å². The van der Waals surface area contributed by atoms with E-state index in [-0.39, 0.29) is 11.8 Å². The predicted molar refractivity (Wildman–Crippen MR) is 85.0 cm³/mol. The highest BCUT2D eigenvalue weighted by atomic mass is 16.2. The summed E-state index contributed by atoms with van der Waals surface area (Å²) in [5.41, 5.74) is 2.00. The van der Waals surface area contributed by atoms with E-state index in [2.05, 4.69) is 30.5 Å². The van der Waals surface area contributed by atoms with Crippen molar-refractivity contribution in [1.82, 2.24) is 0 Å². The summed E-state index contributed by atoms with van der Waals surface area (Å²) in [4.78, 5) is 11.8. The number of nitrogens with one attached hydrogen (secondary N) is 2. The van der Waals surface area contributed by atoms with Gasteiger partial charge in [0.2, 0.25) is 5.91 Å². The zero-order valence-corrected chi connectivity index (χ0v) is 12.6. The van der Waals surface area contributed by atoms with Crippen LogP contribution in [-0.4, -0.2) is 11.9 Å². The summed E-state index contributed by atoms with van der Waals surface area (Å²) in [6.07, 6.45) is 6.84. The van der Waals surface area contributed by atoms with Gasteiger partial charge in [0.1, 0.15) is 0 Å². The largest absolute Gasteiger partial charge is 0.382 e. The van der Waals surface area contributed by atoms with Gasteiger partial charge in [-0.2, -0.15) is 0 Å². The number of hydrogen-bond donors (Lipinski definition) is 2. The highest BCUT2D eigenvalue weighted by molar-refractivity contribution is 5.94. The van der Waals surface area contributed by atoms with E-state index >= 15 is 0 Å². The maximum absolute atomic E-state index is 11.8. The van der Waals surface area contributed by atoms with Crippen LogP contribution < -0.4 is 10.6 Å². The first-order valence-electron chi connectivity index (χ1n) is 7.90. The Morgan fingerprint density at radius 3 is 2.45 bits per heavy atom. The highest BCUT2D eigenvalue weighted by Crippen LogP contribution is 2.30. The first-order chi connectivity index (χ1) is 9.72. The molecule has 2 N–H and O–H groups in total. The summed E-state index contributed by atoms with van der Waals surface area (Å²) in [6.45, 7) is 4.44. The van der Waals surface area contributed by atoms with Gasteiger partial charge in [-0.3, -0.25) is 4.79 Å². The van der Waals surface area contributed by atoms with Crippen molar-refractivity contribution in [2.24, 2.45) is 5.92 Å². The predicted octanol–water partition coefficient (Wildman–Crippen LogP) is 4.42. The molecule has 0 bridgehead atoms. The van der Waals surface area contributed by atoms with Crippen LogP contribution in [0.3, 0.4) is 0 Å². The van der Waals surface area contributed by atoms with Crippen molar-refractivity contribution in [3.05, 3.63) is 24.3 Å². The van der Waals surface area contributed by atoms with Crippen molar-refractivity contribution in [3.63, 3.8) is 0 Å². The number of carbonyl (C=O) groups excluding carboxylic acids is 1. The molecule has 1 aromatic rings. The second-order valence-corrected chi connectivity index (χ2v) is 5.76. The van der Waals surface area contributed by atoms with E-state index in [1.54, 1.807) is 0 Å². The lowest BCUT2D eigenvalue weighted by molar-refractivity contribution is -0.117. The lowest BCUT2D eigenvalue weighted by Gasteiger charge is -2.19. The van der Waals surface area contributed by atoms with Gasteiger partial charge in [0.05, 0.1) is 0 Å². The van der Waals surface area contributed by atoms with Gasteiger partial charge in [0.25, 0.3) is 0 Å². The Labute approximate surface area is 122 Å². The first kappa shape index (κ1) is 14.9. The minimum atomic E-state index is 0.167. The van der Waals surface area contributed by atoms with Crippen LogP contribution in [0.4, 0.5) is 11.4 Å². The molecular formula is C17H26N2O. The van der Waals surface area contributed by atoms with E-state index in [0.717, 1.165) is 24.2 Å². The van der Waals surface area contributed by atoms with Crippen molar-refractivity contribution >= 4 is 17.3 Å². The molecule has 0 aromatic heterocycles. The van der Waals surface area contributed by atoms with Gasteiger partial charge in [0, 0.05) is 23.3 Å². The molecule has 1 fully saturated rings. The zero-order valence-electron chi connectivity index (χ0n) is 12.6. The van der Waals surface area contributed by atoms with Crippen LogP contribution in [0.2, 0.25) is 0 Å². The molecule has 1 saturated carbocycles. The van der Waals surface area contributed by atoms with Gasteiger partial charge in [-0.05, 0) is 43.9 Å². The van der Waals surface area contributed by atoms with Crippen LogP contribution in [0, 0.1) is 5.92 Å². The zero-order chi connectivity index (χ0) is 14.4. The second kappa shape index (κ2) is 7.32. The minimum Gasteiger partial charge on any atom is -0.382 e. The van der Waals surface area contributed by atoms with Crippen LogP contribution in [0.25, 0.3) is 0 Å². The third kappa shape index (κ3) is 4.55. The topological polar surface area (TPSA) is 41.1 Å². The lowest BCUT2D eigenvalue weighted by atomic mass is 10.1. The van der Waals surface area contributed by atoms with Crippen LogP contribution >= 0.6 is 0 Å². The fourth-order valence-electron chi connectivity index (χ4n) is 2.50. The molecule has 3 heteroatoms. The van der Waals surface area contributed by atoms with E-state index in [1.165, 1.54) is 25.7 Å². The van der Waals surface area contributed by atoms with E-state index in [9.17, 15) is 4.79 Å². The third-order valence-corrected chi connectivity index (χ3v) is 3.72. The molecule has 0 spiro atoms. The highest BCUT2D eigenvalue weighted by Gasteiger charge is 2.29. The van der Waals surface area contributed by atoms with Crippen LogP contribution in [0.5, 0.6) is 0 Å². The van der Waals surface area contributed by atoms with Crippen LogP contribution in [-0.2, 0) is 4.79 Å². The van der Waals surface area contributed by atoms with Gasteiger partial charge in [-0.15, -0.1) is 0 Å². The Kier molecular flexibility index (Phi) is 5.45. The van der Waals surface area contributed by atoms with Gasteiger partial charge in [0.15, 0.2) is 0 Å². The number of carbonyl (C=O) groups is 1. The van der Waals surface area contributed by atoms with Gasteiger partial charge in [-0.1, -0.05) is 32.8 Å². The molecule has 0 atom stereocenters. The van der Waals surface area contributed by atoms with Crippen LogP contribution in [0.1, 0.15) is 52.4 Å². The monoisotopic (exact) mass is 274 g/mol. The standard InChI is InChI=1S/C17H26N2O/c1-3-6-14(7-4-2)18-15-8-5-9-16(12-15)19-17(20)13-10-11-13/h5,8-9,12-14,18H,3-4,6-7,10-11H2,1-2H3,(H,19,20). The van der Waals surface area contributed by atoms with Crippen molar-refractivity contribution in [3.8, 4) is 0 Å². The molecule has 1 aromatic carbocycles. The minimum absolute atomic E-state index is 0.167. The normalized spacial score (nSPS) is 14.3. The van der Waals surface area contributed by atoms with Gasteiger partial charge >= 0.3 is 0 Å². The molecule has 0 unspecified atom stereocenters. The number of rotatable bonds is 8. The van der Waals surface area contributed by atoms with Crippen molar-refractivity contribution in [2.45, 2.75) is 58.4 Å². The second-order valence-electron chi connectivity index (χ2n) is 5.76. The summed E-state index contributed by atoms with van der Waals surface area (Å²) in [6, 6.07) is 8.60. The van der Waals surface area contributed by atoms with Gasteiger partial charge < -0.3 is 10.6 Å². The summed E-state index contributed by atoms with van der Waals surface area (Å²) < 4.78 is 0. The Morgan fingerprint density at radius 2 is 1.85 bits per heavy atom. The maximum Gasteiger partial charge on any atom is 0.227 e. The first-order valence-corrected chi connectivity index (χ1v) is 7.90. The number of amides is 1. The average Bonchev–Trinajstić information content (AvgIpc) is 3.24.